The highest BCUT2D eigenvalue weighted by Crippen LogP contribution is 2.20. The van der Waals surface area contributed by atoms with Crippen LogP contribution in [0.5, 0.6) is 0 Å². The molecule has 0 aliphatic rings. The van der Waals surface area contributed by atoms with Gasteiger partial charge in [-0.3, -0.25) is 5.10 Å². The average Bonchev–Trinajstić information content (AvgIpc) is 2.96. The van der Waals surface area contributed by atoms with E-state index in [1.54, 1.807) is 0 Å². The number of hydrogen-bond acceptors (Lipinski definition) is 6. The molecule has 0 fully saturated rings. The summed E-state index contributed by atoms with van der Waals surface area (Å²) in [5, 5.41) is 10.2. The van der Waals surface area contributed by atoms with Crippen LogP contribution in [0.3, 0.4) is 0 Å². The molecule has 7 heteroatoms. The van der Waals surface area contributed by atoms with Crippen LogP contribution in [0.25, 0.3) is 11.6 Å². The van der Waals surface area contributed by atoms with Crippen LogP contribution in [0, 0.1) is 0 Å². The van der Waals surface area contributed by atoms with Crippen molar-refractivity contribution in [1.82, 2.24) is 25.3 Å². The molecule has 0 radical (unpaired) electrons. The van der Waals surface area contributed by atoms with Gasteiger partial charge in [0.1, 0.15) is 6.33 Å². The fourth-order valence-electron chi connectivity index (χ4n) is 1.37. The molecule has 2 aromatic heterocycles. The van der Waals surface area contributed by atoms with Crippen LogP contribution in [0.1, 0.15) is 32.1 Å². The predicted octanol–water partition coefficient (Wildman–Crippen LogP) is 0.695. The van der Waals surface area contributed by atoms with Crippen molar-refractivity contribution >= 4 is 0 Å². The molecule has 3 N–H and O–H groups in total. The van der Waals surface area contributed by atoms with E-state index in [2.05, 4.69) is 25.3 Å². The Labute approximate surface area is 92.5 Å². The average molecular weight is 222 g/mol. The van der Waals surface area contributed by atoms with E-state index in [0.717, 1.165) is 6.42 Å². The standard InChI is InChI=1S/C9H14N6O/c1-3-6(10)5(2)9-13-8(15-16-9)7-11-4-12-14-7/h4-6H,3,10H2,1-2H3,(H,11,12,14). The molecule has 16 heavy (non-hydrogen) atoms. The Bertz CT molecular complexity index is 437. The molecule has 86 valence electrons. The number of aromatic amines is 1. The fourth-order valence-corrected chi connectivity index (χ4v) is 1.37. The van der Waals surface area contributed by atoms with E-state index in [1.165, 1.54) is 6.33 Å². The molecule has 0 aliphatic heterocycles. The summed E-state index contributed by atoms with van der Waals surface area (Å²) in [5.74, 6) is 1.46. The number of nitrogens with zero attached hydrogens (tertiary/aromatic N) is 4. The van der Waals surface area contributed by atoms with Gasteiger partial charge in [-0.25, -0.2) is 4.98 Å². The number of hydrogen-bond donors (Lipinski definition) is 2. The molecule has 0 aromatic carbocycles. The monoisotopic (exact) mass is 222 g/mol. The van der Waals surface area contributed by atoms with Crippen LogP contribution in [-0.2, 0) is 0 Å². The van der Waals surface area contributed by atoms with Gasteiger partial charge in [-0.05, 0) is 6.42 Å². The zero-order valence-corrected chi connectivity index (χ0v) is 9.21. The fraction of sp³-hybridized carbons (Fsp3) is 0.556. The van der Waals surface area contributed by atoms with Gasteiger partial charge in [0.2, 0.25) is 11.7 Å². The van der Waals surface area contributed by atoms with E-state index in [-0.39, 0.29) is 12.0 Å². The third kappa shape index (κ3) is 1.94. The minimum Gasteiger partial charge on any atom is -0.339 e. The predicted molar refractivity (Wildman–Crippen MR) is 56.4 cm³/mol. The summed E-state index contributed by atoms with van der Waals surface area (Å²) in [4.78, 5) is 8.17. The molecule has 0 aliphatic carbocycles. The lowest BCUT2D eigenvalue weighted by Gasteiger charge is -2.12. The molecule has 7 nitrogen and oxygen atoms in total. The van der Waals surface area contributed by atoms with Crippen molar-refractivity contribution in [3.63, 3.8) is 0 Å². The summed E-state index contributed by atoms with van der Waals surface area (Å²) in [6.07, 6.45) is 2.26. The highest BCUT2D eigenvalue weighted by atomic mass is 16.5. The van der Waals surface area contributed by atoms with Crippen molar-refractivity contribution in [2.45, 2.75) is 32.2 Å². The first-order valence-electron chi connectivity index (χ1n) is 5.17. The molecule has 0 spiro atoms. The topological polar surface area (TPSA) is 107 Å². The van der Waals surface area contributed by atoms with Crippen LogP contribution in [0.2, 0.25) is 0 Å². The first kappa shape index (κ1) is 10.7. The highest BCUT2D eigenvalue weighted by Gasteiger charge is 2.20. The summed E-state index contributed by atoms with van der Waals surface area (Å²) in [5.41, 5.74) is 5.91. The van der Waals surface area contributed by atoms with Crippen molar-refractivity contribution in [3.05, 3.63) is 12.2 Å². The van der Waals surface area contributed by atoms with E-state index in [9.17, 15) is 0 Å². The number of nitrogens with two attached hydrogens (primary N) is 1. The van der Waals surface area contributed by atoms with E-state index in [4.69, 9.17) is 10.3 Å². The van der Waals surface area contributed by atoms with Crippen LogP contribution in [-0.4, -0.2) is 31.4 Å². The number of aromatic nitrogens is 5. The Morgan fingerprint density at radius 1 is 1.56 bits per heavy atom. The van der Waals surface area contributed by atoms with Crippen molar-refractivity contribution in [2.24, 2.45) is 5.73 Å². The zero-order chi connectivity index (χ0) is 11.5. The van der Waals surface area contributed by atoms with Gasteiger partial charge in [0, 0.05) is 6.04 Å². The summed E-state index contributed by atoms with van der Waals surface area (Å²) >= 11 is 0. The molecule has 2 heterocycles. The van der Waals surface area contributed by atoms with Crippen molar-refractivity contribution in [1.29, 1.82) is 0 Å². The van der Waals surface area contributed by atoms with Crippen LogP contribution < -0.4 is 5.73 Å². The van der Waals surface area contributed by atoms with Gasteiger partial charge in [0.05, 0.1) is 5.92 Å². The van der Waals surface area contributed by atoms with Crippen LogP contribution in [0.4, 0.5) is 0 Å². The quantitative estimate of drug-likeness (QED) is 0.788. The molecule has 0 saturated heterocycles. The molecular formula is C9H14N6O. The lowest BCUT2D eigenvalue weighted by atomic mass is 10.0. The van der Waals surface area contributed by atoms with Gasteiger partial charge < -0.3 is 10.3 Å². The Morgan fingerprint density at radius 3 is 3.00 bits per heavy atom. The minimum atomic E-state index is 0.0167. The van der Waals surface area contributed by atoms with Gasteiger partial charge in [-0.1, -0.05) is 19.0 Å². The summed E-state index contributed by atoms with van der Waals surface area (Å²) < 4.78 is 5.14. The van der Waals surface area contributed by atoms with Crippen molar-refractivity contribution in [3.8, 4) is 11.6 Å². The maximum Gasteiger partial charge on any atom is 0.239 e. The largest absolute Gasteiger partial charge is 0.339 e. The van der Waals surface area contributed by atoms with E-state index < -0.39 is 0 Å². The van der Waals surface area contributed by atoms with Gasteiger partial charge in [-0.2, -0.15) is 10.1 Å². The zero-order valence-electron chi connectivity index (χ0n) is 9.21. The molecule has 0 amide bonds. The van der Waals surface area contributed by atoms with E-state index in [1.807, 2.05) is 13.8 Å². The molecule has 2 aromatic rings. The van der Waals surface area contributed by atoms with Crippen LogP contribution in [0.15, 0.2) is 10.9 Å². The maximum absolute atomic E-state index is 5.91. The Balaban J connectivity index is 2.20. The van der Waals surface area contributed by atoms with Gasteiger partial charge >= 0.3 is 0 Å². The molecule has 2 rings (SSSR count). The van der Waals surface area contributed by atoms with Crippen LogP contribution >= 0.6 is 0 Å². The third-order valence-electron chi connectivity index (χ3n) is 2.57. The number of nitrogens with one attached hydrogen (secondary N) is 1. The Morgan fingerprint density at radius 2 is 2.38 bits per heavy atom. The van der Waals surface area contributed by atoms with Gasteiger partial charge in [0.15, 0.2) is 5.82 Å². The highest BCUT2D eigenvalue weighted by molar-refractivity contribution is 5.39. The maximum atomic E-state index is 5.91. The van der Waals surface area contributed by atoms with E-state index in [0.29, 0.717) is 17.5 Å². The number of H-pyrrole nitrogens is 1. The van der Waals surface area contributed by atoms with Gasteiger partial charge in [0.25, 0.3) is 0 Å². The minimum absolute atomic E-state index is 0.0167. The second-order valence-electron chi connectivity index (χ2n) is 3.65. The second kappa shape index (κ2) is 4.40. The summed E-state index contributed by atoms with van der Waals surface area (Å²) in [6.45, 7) is 3.99. The summed E-state index contributed by atoms with van der Waals surface area (Å²) in [7, 11) is 0. The molecule has 0 bridgehead atoms. The third-order valence-corrected chi connectivity index (χ3v) is 2.57. The SMILES string of the molecule is CCC(N)C(C)c1nc(-c2ncn[nH]2)no1. The first-order chi connectivity index (χ1) is 7.72. The first-order valence-corrected chi connectivity index (χ1v) is 5.17. The van der Waals surface area contributed by atoms with Gasteiger partial charge in [-0.15, -0.1) is 0 Å². The molecule has 2 atom stereocenters. The molecular weight excluding hydrogens is 208 g/mol. The molecule has 2 unspecified atom stereocenters. The number of rotatable bonds is 4. The Hall–Kier alpha value is -1.76. The smallest absolute Gasteiger partial charge is 0.239 e. The second-order valence-corrected chi connectivity index (χ2v) is 3.65. The van der Waals surface area contributed by atoms with E-state index >= 15 is 0 Å². The Kier molecular flexibility index (Phi) is 2.95. The summed E-state index contributed by atoms with van der Waals surface area (Å²) in [6, 6.07) is 0.0167. The van der Waals surface area contributed by atoms with Crippen molar-refractivity contribution in [2.75, 3.05) is 0 Å². The lowest BCUT2D eigenvalue weighted by Crippen LogP contribution is -2.25. The lowest BCUT2D eigenvalue weighted by molar-refractivity contribution is 0.340. The normalized spacial score (nSPS) is 14.9. The van der Waals surface area contributed by atoms with Crippen molar-refractivity contribution < 1.29 is 4.52 Å². The molecule has 0 saturated carbocycles.